The fourth-order valence-electron chi connectivity index (χ4n) is 0. The molecule has 0 aliphatic heterocycles. The lowest BCUT2D eigenvalue weighted by Gasteiger charge is -1.71. The van der Waals surface area contributed by atoms with Gasteiger partial charge in [0.05, 0.1) is 0 Å². The third-order valence-corrected chi connectivity index (χ3v) is 0.498. The molecule has 0 bridgehead atoms. The van der Waals surface area contributed by atoms with E-state index in [4.69, 9.17) is 0 Å². The van der Waals surface area contributed by atoms with E-state index in [0.717, 1.165) is 0 Å². The van der Waals surface area contributed by atoms with Crippen molar-refractivity contribution in [2.45, 2.75) is 20.3 Å². The first-order valence-corrected chi connectivity index (χ1v) is 1.76. The third-order valence-electron chi connectivity index (χ3n) is 0.498. The van der Waals surface area contributed by atoms with E-state index < -0.39 is 0 Å². The molecule has 6 heavy (non-hydrogen) atoms. The number of hydrogen-bond donors (Lipinski definition) is 0. The van der Waals surface area contributed by atoms with Crippen molar-refractivity contribution in [3.63, 3.8) is 0 Å². The number of carbonyl (C=O) groups is 1. The van der Waals surface area contributed by atoms with E-state index in [1.807, 2.05) is 6.92 Å². The molecule has 1 nitrogen and oxygen atoms in total. The summed E-state index contributed by atoms with van der Waals surface area (Å²) < 4.78 is 0. The second kappa shape index (κ2) is 4.67. The minimum Gasteiger partial charge on any atom is -0.300 e. The van der Waals surface area contributed by atoms with Gasteiger partial charge in [-0.15, -0.1) is 0 Å². The van der Waals surface area contributed by atoms with Crippen molar-refractivity contribution in [3.8, 4) is 0 Å². The summed E-state index contributed by atoms with van der Waals surface area (Å²) in [4.78, 5) is 9.81. The van der Waals surface area contributed by atoms with Gasteiger partial charge in [0.1, 0.15) is 5.78 Å². The Hall–Kier alpha value is -0.330. The molecule has 37 valence electrons. The first-order chi connectivity index (χ1) is 2.27. The molecule has 0 saturated heterocycles. The summed E-state index contributed by atoms with van der Waals surface area (Å²) in [5.41, 5.74) is 0. The van der Waals surface area contributed by atoms with Crippen LogP contribution in [0.5, 0.6) is 0 Å². The van der Waals surface area contributed by atoms with E-state index in [2.05, 4.69) is 0 Å². The SMILES string of the molecule is CCC(C)=O.[CH3]. The number of ketones is 1. The van der Waals surface area contributed by atoms with Gasteiger partial charge in [-0.3, -0.25) is 0 Å². The summed E-state index contributed by atoms with van der Waals surface area (Å²) in [5.74, 6) is 0.255. The number of rotatable bonds is 1. The van der Waals surface area contributed by atoms with Crippen LogP contribution in [-0.4, -0.2) is 5.78 Å². The Balaban J connectivity index is 0. The highest BCUT2D eigenvalue weighted by molar-refractivity contribution is 5.74. The molecule has 0 N–H and O–H groups in total. The molecule has 0 unspecified atom stereocenters. The third kappa shape index (κ3) is 9.38. The van der Waals surface area contributed by atoms with E-state index in [1.165, 1.54) is 0 Å². The summed E-state index contributed by atoms with van der Waals surface area (Å²) >= 11 is 0. The standard InChI is InChI=1S/C4H8O.CH3/c1-3-4(2)5;/h3H2,1-2H3;1H3. The van der Waals surface area contributed by atoms with Gasteiger partial charge in [-0.25, -0.2) is 0 Å². The predicted octanol–water partition coefficient (Wildman–Crippen LogP) is 1.44. The van der Waals surface area contributed by atoms with Gasteiger partial charge < -0.3 is 4.79 Å². The maximum absolute atomic E-state index is 9.81. The lowest BCUT2D eigenvalue weighted by Crippen LogP contribution is -1.80. The molecule has 0 atom stereocenters. The lowest BCUT2D eigenvalue weighted by molar-refractivity contribution is -0.116. The monoisotopic (exact) mass is 87.1 g/mol. The molecule has 0 aromatic carbocycles. The molecule has 0 aliphatic carbocycles. The molecule has 0 aromatic heterocycles. The van der Waals surface area contributed by atoms with Crippen LogP contribution in [-0.2, 0) is 4.79 Å². The van der Waals surface area contributed by atoms with Gasteiger partial charge >= 0.3 is 0 Å². The first-order valence-electron chi connectivity index (χ1n) is 1.76. The molecular weight excluding hydrogens is 76.1 g/mol. The van der Waals surface area contributed by atoms with Crippen molar-refractivity contribution in [1.29, 1.82) is 0 Å². The average molecular weight is 87.1 g/mol. The molecule has 0 fully saturated rings. The van der Waals surface area contributed by atoms with Crippen LogP contribution < -0.4 is 0 Å². The van der Waals surface area contributed by atoms with Crippen LogP contribution in [0.2, 0.25) is 0 Å². The number of carbonyl (C=O) groups excluding carboxylic acids is 1. The summed E-state index contributed by atoms with van der Waals surface area (Å²) in [6.07, 6.45) is 0.667. The van der Waals surface area contributed by atoms with Crippen LogP contribution in [0.4, 0.5) is 0 Å². The van der Waals surface area contributed by atoms with Gasteiger partial charge in [-0.2, -0.15) is 0 Å². The van der Waals surface area contributed by atoms with Gasteiger partial charge in [0.2, 0.25) is 0 Å². The van der Waals surface area contributed by atoms with Gasteiger partial charge in [0, 0.05) is 6.42 Å². The second-order valence-electron chi connectivity index (χ2n) is 1.06. The highest BCUT2D eigenvalue weighted by atomic mass is 16.1. The van der Waals surface area contributed by atoms with Crippen molar-refractivity contribution in [3.05, 3.63) is 7.43 Å². The van der Waals surface area contributed by atoms with Gasteiger partial charge in [0.25, 0.3) is 0 Å². The van der Waals surface area contributed by atoms with Crippen LogP contribution in [0.25, 0.3) is 0 Å². The van der Waals surface area contributed by atoms with E-state index in [1.54, 1.807) is 6.92 Å². The molecule has 0 rings (SSSR count). The zero-order chi connectivity index (χ0) is 4.28. The van der Waals surface area contributed by atoms with E-state index in [9.17, 15) is 4.79 Å². The Morgan fingerprint density at radius 2 is 1.83 bits per heavy atom. The summed E-state index contributed by atoms with van der Waals surface area (Å²) in [5, 5.41) is 0. The molecular formula is C5H11O. The normalized spacial score (nSPS) is 6.33. The number of Topliss-reactive ketones (excluding diaryl/α,β-unsaturated/α-hetero) is 1. The molecule has 0 amide bonds. The topological polar surface area (TPSA) is 17.1 Å². The Kier molecular flexibility index (Phi) is 7.15. The molecule has 0 aliphatic rings. The van der Waals surface area contributed by atoms with E-state index in [-0.39, 0.29) is 13.2 Å². The van der Waals surface area contributed by atoms with Gasteiger partial charge in [0.15, 0.2) is 0 Å². The lowest BCUT2D eigenvalue weighted by atomic mass is 10.4. The van der Waals surface area contributed by atoms with Crippen molar-refractivity contribution in [2.24, 2.45) is 0 Å². The minimum atomic E-state index is 0. The highest BCUT2D eigenvalue weighted by Crippen LogP contribution is 1.71. The average Bonchev–Trinajstić information content (AvgIpc) is 1.38. The Bertz CT molecular complexity index is 39.2. The molecule has 1 heteroatoms. The number of hydrogen-bond acceptors (Lipinski definition) is 1. The predicted molar refractivity (Wildman–Crippen MR) is 27.4 cm³/mol. The van der Waals surface area contributed by atoms with Crippen molar-refractivity contribution < 1.29 is 4.79 Å². The second-order valence-corrected chi connectivity index (χ2v) is 1.06. The van der Waals surface area contributed by atoms with E-state index in [0.29, 0.717) is 6.42 Å². The molecule has 0 spiro atoms. The summed E-state index contributed by atoms with van der Waals surface area (Å²) in [7, 11) is 0. The summed E-state index contributed by atoms with van der Waals surface area (Å²) in [6, 6.07) is 0. The van der Waals surface area contributed by atoms with Crippen molar-refractivity contribution >= 4 is 5.78 Å². The molecule has 0 aromatic rings. The first kappa shape index (κ1) is 9.18. The van der Waals surface area contributed by atoms with Gasteiger partial charge in [-0.1, -0.05) is 14.4 Å². The maximum Gasteiger partial charge on any atom is 0.129 e. The van der Waals surface area contributed by atoms with Crippen molar-refractivity contribution in [2.75, 3.05) is 0 Å². The quantitative estimate of drug-likeness (QED) is 0.473. The fourth-order valence-corrected chi connectivity index (χ4v) is 0. The molecule has 1 radical (unpaired) electrons. The highest BCUT2D eigenvalue weighted by Gasteiger charge is 1.76. The van der Waals surface area contributed by atoms with Crippen LogP contribution in [0.3, 0.4) is 0 Å². The van der Waals surface area contributed by atoms with Gasteiger partial charge in [-0.05, 0) is 6.92 Å². The van der Waals surface area contributed by atoms with E-state index >= 15 is 0 Å². The largest absolute Gasteiger partial charge is 0.300 e. The Morgan fingerprint density at radius 1 is 1.67 bits per heavy atom. The van der Waals surface area contributed by atoms with Crippen LogP contribution in [0.1, 0.15) is 20.3 Å². The van der Waals surface area contributed by atoms with Crippen LogP contribution >= 0.6 is 0 Å². The zero-order valence-corrected chi connectivity index (χ0v) is 4.62. The Labute approximate surface area is 39.4 Å². The molecule has 0 saturated carbocycles. The summed E-state index contributed by atoms with van der Waals surface area (Å²) in [6.45, 7) is 3.43. The van der Waals surface area contributed by atoms with Crippen LogP contribution in [0.15, 0.2) is 0 Å². The van der Waals surface area contributed by atoms with Crippen LogP contribution in [0, 0.1) is 7.43 Å². The maximum atomic E-state index is 9.81. The van der Waals surface area contributed by atoms with Crippen molar-refractivity contribution in [1.82, 2.24) is 0 Å². The fraction of sp³-hybridized carbons (Fsp3) is 0.600. The minimum absolute atomic E-state index is 0. The Morgan fingerprint density at radius 3 is 1.83 bits per heavy atom. The zero-order valence-electron chi connectivity index (χ0n) is 4.62. The molecule has 0 heterocycles. The smallest absolute Gasteiger partial charge is 0.129 e.